The van der Waals surface area contributed by atoms with Crippen LogP contribution in [0.1, 0.15) is 10.4 Å². The fourth-order valence-corrected chi connectivity index (χ4v) is 2.40. The molecule has 0 radical (unpaired) electrons. The molecular formula is C17H13NO3. The zero-order valence-electron chi connectivity index (χ0n) is 11.4. The minimum atomic E-state index is -0.940. The summed E-state index contributed by atoms with van der Waals surface area (Å²) in [5.41, 5.74) is 2.01. The number of rotatable bonds is 3. The molecule has 0 unspecified atom stereocenters. The number of benzene rings is 2. The van der Waals surface area contributed by atoms with Crippen molar-refractivity contribution in [2.24, 2.45) is 0 Å². The third-order valence-corrected chi connectivity index (χ3v) is 3.38. The number of methoxy groups -OCH3 is 1. The summed E-state index contributed by atoms with van der Waals surface area (Å²) in [6.07, 6.45) is 1.66. The molecule has 0 amide bonds. The summed E-state index contributed by atoms with van der Waals surface area (Å²) in [4.78, 5) is 15.4. The first-order chi connectivity index (χ1) is 10.2. The van der Waals surface area contributed by atoms with E-state index in [0.29, 0.717) is 5.88 Å². The molecule has 0 bridgehead atoms. The van der Waals surface area contributed by atoms with E-state index >= 15 is 0 Å². The molecule has 21 heavy (non-hydrogen) atoms. The van der Waals surface area contributed by atoms with Crippen LogP contribution < -0.4 is 4.74 Å². The van der Waals surface area contributed by atoms with Crippen LogP contribution >= 0.6 is 0 Å². The van der Waals surface area contributed by atoms with Crippen molar-refractivity contribution in [3.8, 4) is 17.0 Å². The molecule has 1 heterocycles. The van der Waals surface area contributed by atoms with Gasteiger partial charge in [0.2, 0.25) is 5.88 Å². The van der Waals surface area contributed by atoms with Crippen molar-refractivity contribution >= 4 is 16.7 Å². The summed E-state index contributed by atoms with van der Waals surface area (Å²) < 4.78 is 5.30. The highest BCUT2D eigenvalue weighted by molar-refractivity contribution is 6.01. The van der Waals surface area contributed by atoms with E-state index in [1.54, 1.807) is 25.4 Å². The molecular weight excluding hydrogens is 266 g/mol. The molecule has 0 saturated heterocycles. The van der Waals surface area contributed by atoms with Crippen molar-refractivity contribution < 1.29 is 14.6 Å². The van der Waals surface area contributed by atoms with Gasteiger partial charge < -0.3 is 9.84 Å². The van der Waals surface area contributed by atoms with Crippen molar-refractivity contribution in [3.05, 3.63) is 60.3 Å². The first-order valence-corrected chi connectivity index (χ1v) is 6.46. The maximum atomic E-state index is 11.2. The number of carboxylic acids is 1. The summed E-state index contributed by atoms with van der Waals surface area (Å²) in [6.45, 7) is 0. The molecule has 3 rings (SSSR count). The second kappa shape index (κ2) is 5.25. The Balaban J connectivity index is 2.31. The summed E-state index contributed by atoms with van der Waals surface area (Å²) in [5, 5.41) is 11.0. The van der Waals surface area contributed by atoms with Gasteiger partial charge >= 0.3 is 5.97 Å². The quantitative estimate of drug-likeness (QED) is 0.795. The molecule has 1 N–H and O–H groups in total. The second-order valence-electron chi connectivity index (χ2n) is 4.61. The molecule has 3 aromatic rings. The number of pyridine rings is 1. The lowest BCUT2D eigenvalue weighted by Crippen LogP contribution is -1.96. The number of nitrogens with zero attached hydrogens (tertiary/aromatic N) is 1. The zero-order chi connectivity index (χ0) is 14.8. The van der Waals surface area contributed by atoms with Gasteiger partial charge in [0, 0.05) is 11.8 Å². The lowest BCUT2D eigenvalue weighted by Gasteiger charge is -2.10. The summed E-state index contributed by atoms with van der Waals surface area (Å²) in [6, 6.07) is 14.7. The number of aromatic nitrogens is 1. The molecule has 4 nitrogen and oxygen atoms in total. The molecule has 104 valence electrons. The molecule has 2 aromatic carbocycles. The maximum Gasteiger partial charge on any atom is 0.335 e. The molecule has 0 fully saturated rings. The predicted molar refractivity (Wildman–Crippen MR) is 80.7 cm³/mol. The van der Waals surface area contributed by atoms with Gasteiger partial charge in [0.05, 0.1) is 12.7 Å². The van der Waals surface area contributed by atoms with E-state index in [1.165, 1.54) is 0 Å². The van der Waals surface area contributed by atoms with Gasteiger partial charge in [0.25, 0.3) is 0 Å². The summed E-state index contributed by atoms with van der Waals surface area (Å²) >= 11 is 0. The molecule has 0 aliphatic heterocycles. The van der Waals surface area contributed by atoms with Crippen molar-refractivity contribution in [1.29, 1.82) is 0 Å². The van der Waals surface area contributed by atoms with Crippen LogP contribution in [0.3, 0.4) is 0 Å². The van der Waals surface area contributed by atoms with Crippen molar-refractivity contribution in [1.82, 2.24) is 4.98 Å². The number of ether oxygens (including phenoxy) is 1. The molecule has 1 aromatic heterocycles. The highest BCUT2D eigenvalue weighted by atomic mass is 16.5. The van der Waals surface area contributed by atoms with Gasteiger partial charge in [-0.05, 0) is 40.6 Å². The van der Waals surface area contributed by atoms with Gasteiger partial charge in [-0.3, -0.25) is 0 Å². The van der Waals surface area contributed by atoms with Gasteiger partial charge in [-0.2, -0.15) is 0 Å². The monoisotopic (exact) mass is 279 g/mol. The normalized spacial score (nSPS) is 10.5. The Hall–Kier alpha value is -2.88. The third-order valence-electron chi connectivity index (χ3n) is 3.38. The lowest BCUT2D eigenvalue weighted by atomic mass is 9.97. The average Bonchev–Trinajstić information content (AvgIpc) is 2.53. The summed E-state index contributed by atoms with van der Waals surface area (Å²) in [7, 11) is 1.57. The van der Waals surface area contributed by atoms with Crippen molar-refractivity contribution in [2.75, 3.05) is 7.11 Å². The number of carbonyl (C=O) groups is 1. The Morgan fingerprint density at radius 2 is 1.90 bits per heavy atom. The first-order valence-electron chi connectivity index (χ1n) is 6.46. The molecule has 0 aliphatic rings. The molecule has 0 atom stereocenters. The highest BCUT2D eigenvalue weighted by Gasteiger charge is 2.11. The Kier molecular flexibility index (Phi) is 3.28. The second-order valence-corrected chi connectivity index (χ2v) is 4.61. The number of carboxylic acid groups (broad SMARTS) is 1. The SMILES string of the molecule is COc1ncccc1-c1cccc2ccc(C(=O)O)cc12. The van der Waals surface area contributed by atoms with Gasteiger partial charge in [-0.25, -0.2) is 9.78 Å². The Labute approximate surface area is 121 Å². The number of hydrogen-bond acceptors (Lipinski definition) is 3. The van der Waals surface area contributed by atoms with Gasteiger partial charge in [-0.15, -0.1) is 0 Å². The van der Waals surface area contributed by atoms with Crippen LogP contribution in [0.2, 0.25) is 0 Å². The first kappa shape index (κ1) is 13.1. The third kappa shape index (κ3) is 2.31. The van der Waals surface area contributed by atoms with Crippen LogP contribution in [0.5, 0.6) is 5.88 Å². The fourth-order valence-electron chi connectivity index (χ4n) is 2.40. The Morgan fingerprint density at radius 1 is 1.10 bits per heavy atom. The van der Waals surface area contributed by atoms with Crippen LogP contribution in [-0.4, -0.2) is 23.2 Å². The molecule has 0 spiro atoms. The van der Waals surface area contributed by atoms with E-state index in [2.05, 4.69) is 4.98 Å². The maximum absolute atomic E-state index is 11.2. The number of fused-ring (bicyclic) bond motifs is 1. The van der Waals surface area contributed by atoms with Crippen molar-refractivity contribution in [3.63, 3.8) is 0 Å². The topological polar surface area (TPSA) is 59.4 Å². The van der Waals surface area contributed by atoms with Gasteiger partial charge in [-0.1, -0.05) is 24.3 Å². The summed E-state index contributed by atoms with van der Waals surface area (Å²) in [5.74, 6) is -0.421. The predicted octanol–water partition coefficient (Wildman–Crippen LogP) is 3.61. The minimum absolute atomic E-state index is 0.262. The zero-order valence-corrected chi connectivity index (χ0v) is 11.4. The minimum Gasteiger partial charge on any atom is -0.481 e. The van der Waals surface area contributed by atoms with Gasteiger partial charge in [0.15, 0.2) is 0 Å². The van der Waals surface area contributed by atoms with Crippen molar-refractivity contribution in [2.45, 2.75) is 0 Å². The van der Waals surface area contributed by atoms with E-state index in [9.17, 15) is 4.79 Å². The average molecular weight is 279 g/mol. The number of aromatic carboxylic acids is 1. The van der Waals surface area contributed by atoms with Crippen LogP contribution in [0, 0.1) is 0 Å². The van der Waals surface area contributed by atoms with E-state index in [1.807, 2.05) is 36.4 Å². The number of hydrogen-bond donors (Lipinski definition) is 1. The van der Waals surface area contributed by atoms with Gasteiger partial charge in [0.1, 0.15) is 0 Å². The smallest absolute Gasteiger partial charge is 0.335 e. The molecule has 0 saturated carbocycles. The molecule has 4 heteroatoms. The van der Waals surface area contributed by atoms with E-state index in [0.717, 1.165) is 21.9 Å². The fraction of sp³-hybridized carbons (Fsp3) is 0.0588. The van der Waals surface area contributed by atoms with Crippen LogP contribution in [0.15, 0.2) is 54.7 Å². The highest BCUT2D eigenvalue weighted by Crippen LogP contribution is 2.33. The van der Waals surface area contributed by atoms with E-state index < -0.39 is 5.97 Å². The van der Waals surface area contributed by atoms with Crippen LogP contribution in [0.25, 0.3) is 21.9 Å². The van der Waals surface area contributed by atoms with Crippen LogP contribution in [-0.2, 0) is 0 Å². The largest absolute Gasteiger partial charge is 0.481 e. The Morgan fingerprint density at radius 3 is 2.67 bits per heavy atom. The lowest BCUT2D eigenvalue weighted by molar-refractivity contribution is 0.0697. The van der Waals surface area contributed by atoms with Crippen LogP contribution in [0.4, 0.5) is 0 Å². The standard InChI is InChI=1S/C17H13NO3/c1-21-16-14(6-3-9-18-16)13-5-2-4-11-7-8-12(17(19)20)10-15(11)13/h2-10H,1H3,(H,19,20). The molecule has 0 aliphatic carbocycles. The Bertz CT molecular complexity index is 827. The van der Waals surface area contributed by atoms with E-state index in [4.69, 9.17) is 9.84 Å². The van der Waals surface area contributed by atoms with E-state index in [-0.39, 0.29) is 5.56 Å².